The summed E-state index contributed by atoms with van der Waals surface area (Å²) in [6, 6.07) is 1.51. The fraction of sp³-hybridized carbons (Fsp3) is 0.611. The quantitative estimate of drug-likeness (QED) is 0.739. The first-order valence-corrected chi connectivity index (χ1v) is 11.0. The minimum atomic E-state index is -4.99. The van der Waals surface area contributed by atoms with Gasteiger partial charge in [0, 0.05) is 32.2 Å². The van der Waals surface area contributed by atoms with Crippen LogP contribution in [-0.4, -0.2) is 55.9 Å². The molecular formula is C18H23F4N3O3S. The van der Waals surface area contributed by atoms with Crippen molar-refractivity contribution < 1.29 is 30.8 Å². The Hall–Kier alpha value is -1.88. The van der Waals surface area contributed by atoms with E-state index in [2.05, 4.69) is 5.32 Å². The number of piperazine rings is 1. The van der Waals surface area contributed by atoms with Gasteiger partial charge in [0.1, 0.15) is 5.82 Å². The van der Waals surface area contributed by atoms with Crippen LogP contribution in [0.3, 0.4) is 0 Å². The highest BCUT2D eigenvalue weighted by atomic mass is 32.2. The second kappa shape index (κ2) is 8.47. The molecule has 6 nitrogen and oxygen atoms in total. The predicted molar refractivity (Wildman–Crippen MR) is 97.1 cm³/mol. The van der Waals surface area contributed by atoms with Crippen LogP contribution in [0, 0.1) is 5.82 Å². The number of nitrogens with one attached hydrogen (secondary N) is 1. The van der Waals surface area contributed by atoms with Gasteiger partial charge < -0.3 is 10.2 Å². The smallest absolute Gasteiger partial charge is 0.335 e. The number of amides is 2. The minimum Gasteiger partial charge on any atom is -0.335 e. The summed E-state index contributed by atoms with van der Waals surface area (Å²) in [5.74, 6) is -1.53. The zero-order valence-electron chi connectivity index (χ0n) is 15.7. The first kappa shape index (κ1) is 21.8. The summed E-state index contributed by atoms with van der Waals surface area (Å²) < 4.78 is 78.5. The second-order valence-electron chi connectivity index (χ2n) is 7.31. The number of nitrogens with zero attached hydrogens (tertiary/aromatic N) is 2. The van der Waals surface area contributed by atoms with Crippen molar-refractivity contribution in [1.29, 1.82) is 0 Å². The van der Waals surface area contributed by atoms with E-state index in [0.29, 0.717) is 12.1 Å². The van der Waals surface area contributed by atoms with Crippen LogP contribution in [-0.2, 0) is 16.2 Å². The lowest BCUT2D eigenvalue weighted by Crippen LogP contribution is -2.54. The van der Waals surface area contributed by atoms with Gasteiger partial charge in [-0.25, -0.2) is 17.6 Å². The lowest BCUT2D eigenvalue weighted by molar-refractivity contribution is -0.140. The summed E-state index contributed by atoms with van der Waals surface area (Å²) >= 11 is 0. The average Bonchev–Trinajstić information content (AvgIpc) is 2.68. The maximum Gasteiger partial charge on any atom is 0.419 e. The molecule has 1 aromatic rings. The number of sulfonamides is 1. The molecule has 1 heterocycles. The Morgan fingerprint density at radius 3 is 2.24 bits per heavy atom. The Morgan fingerprint density at radius 1 is 1.03 bits per heavy atom. The molecule has 0 unspecified atom stereocenters. The summed E-state index contributed by atoms with van der Waals surface area (Å²) in [5.41, 5.74) is -1.62. The lowest BCUT2D eigenvalue weighted by atomic mass is 9.96. The molecule has 1 N–H and O–H groups in total. The monoisotopic (exact) mass is 437 g/mol. The van der Waals surface area contributed by atoms with Gasteiger partial charge in [-0.2, -0.15) is 17.5 Å². The number of carbonyl (C=O) groups is 1. The number of hydrogen-bond donors (Lipinski definition) is 1. The van der Waals surface area contributed by atoms with Crippen LogP contribution in [0.15, 0.2) is 23.1 Å². The number of benzene rings is 1. The van der Waals surface area contributed by atoms with Gasteiger partial charge in [-0.05, 0) is 31.0 Å². The standard InChI is InChI=1S/C18H23F4N3O3S/c19-16-7-6-14(12-15(16)18(20,21)22)29(27,28)25-10-8-24(9-11-25)17(26)23-13-4-2-1-3-5-13/h6-7,12-13H,1-5,8-11H2,(H,23,26). The number of urea groups is 1. The van der Waals surface area contributed by atoms with Crippen molar-refractivity contribution in [3.05, 3.63) is 29.6 Å². The molecular weight excluding hydrogens is 414 g/mol. The summed E-state index contributed by atoms with van der Waals surface area (Å²) in [4.78, 5) is 13.3. The molecule has 29 heavy (non-hydrogen) atoms. The van der Waals surface area contributed by atoms with E-state index in [1.54, 1.807) is 0 Å². The number of hydrogen-bond acceptors (Lipinski definition) is 3. The predicted octanol–water partition coefficient (Wildman–Crippen LogP) is 3.19. The number of alkyl halides is 3. The highest BCUT2D eigenvalue weighted by Crippen LogP contribution is 2.33. The first-order valence-electron chi connectivity index (χ1n) is 9.51. The van der Waals surface area contributed by atoms with Crippen LogP contribution >= 0.6 is 0 Å². The van der Waals surface area contributed by atoms with Crippen molar-refractivity contribution >= 4 is 16.1 Å². The highest BCUT2D eigenvalue weighted by molar-refractivity contribution is 7.89. The van der Waals surface area contributed by atoms with Crippen LogP contribution in [0.2, 0.25) is 0 Å². The van der Waals surface area contributed by atoms with E-state index >= 15 is 0 Å². The van der Waals surface area contributed by atoms with Crippen molar-refractivity contribution in [2.45, 2.75) is 49.2 Å². The zero-order chi connectivity index (χ0) is 21.2. The van der Waals surface area contributed by atoms with E-state index in [1.807, 2.05) is 0 Å². The molecule has 0 spiro atoms. The van der Waals surface area contributed by atoms with E-state index in [1.165, 1.54) is 4.90 Å². The van der Waals surface area contributed by atoms with Gasteiger partial charge in [0.05, 0.1) is 10.5 Å². The molecule has 1 aromatic carbocycles. The Kier molecular flexibility index (Phi) is 6.37. The van der Waals surface area contributed by atoms with Gasteiger partial charge in [0.15, 0.2) is 0 Å². The van der Waals surface area contributed by atoms with Gasteiger partial charge in [0.2, 0.25) is 10.0 Å². The van der Waals surface area contributed by atoms with Crippen LogP contribution in [0.1, 0.15) is 37.7 Å². The van der Waals surface area contributed by atoms with Crippen LogP contribution in [0.25, 0.3) is 0 Å². The first-order chi connectivity index (χ1) is 13.6. The maximum absolute atomic E-state index is 13.4. The molecule has 3 rings (SSSR count). The molecule has 1 saturated carbocycles. The second-order valence-corrected chi connectivity index (χ2v) is 9.25. The molecule has 11 heteroatoms. The molecule has 2 amide bonds. The molecule has 1 aliphatic heterocycles. The Balaban J connectivity index is 1.64. The van der Waals surface area contributed by atoms with Crippen molar-refractivity contribution in [3.63, 3.8) is 0 Å². The largest absolute Gasteiger partial charge is 0.419 e. The van der Waals surface area contributed by atoms with E-state index in [9.17, 15) is 30.8 Å². The van der Waals surface area contributed by atoms with Crippen LogP contribution in [0.4, 0.5) is 22.4 Å². The number of halogens is 4. The molecule has 2 fully saturated rings. The molecule has 2 aliphatic rings. The fourth-order valence-corrected chi connectivity index (χ4v) is 5.12. The molecule has 162 valence electrons. The Labute approximate surface area is 166 Å². The molecule has 1 saturated heterocycles. The third-order valence-corrected chi connectivity index (χ3v) is 7.23. The summed E-state index contributed by atoms with van der Waals surface area (Å²) in [6.45, 7) is 0.175. The molecule has 0 aromatic heterocycles. The molecule has 0 radical (unpaired) electrons. The van der Waals surface area contributed by atoms with Gasteiger partial charge in [0.25, 0.3) is 0 Å². The Bertz CT molecular complexity index is 846. The summed E-state index contributed by atoms with van der Waals surface area (Å²) in [6.07, 6.45) is 0.134. The van der Waals surface area contributed by atoms with E-state index < -0.39 is 32.5 Å². The van der Waals surface area contributed by atoms with Crippen molar-refractivity contribution in [3.8, 4) is 0 Å². The average molecular weight is 437 g/mol. The summed E-state index contributed by atoms with van der Waals surface area (Å²) in [7, 11) is -4.23. The van der Waals surface area contributed by atoms with Gasteiger partial charge >= 0.3 is 12.2 Å². The van der Waals surface area contributed by atoms with E-state index in [0.717, 1.165) is 42.5 Å². The zero-order valence-corrected chi connectivity index (χ0v) is 16.5. The molecule has 0 atom stereocenters. The topological polar surface area (TPSA) is 69.7 Å². The van der Waals surface area contributed by atoms with Crippen LogP contribution < -0.4 is 5.32 Å². The SMILES string of the molecule is O=C(NC1CCCCC1)N1CCN(S(=O)(=O)c2ccc(F)c(C(F)(F)F)c2)CC1. The van der Waals surface area contributed by atoms with Gasteiger partial charge in [-0.1, -0.05) is 19.3 Å². The van der Waals surface area contributed by atoms with Gasteiger partial charge in [-0.3, -0.25) is 0 Å². The number of rotatable bonds is 3. The Morgan fingerprint density at radius 2 is 1.66 bits per heavy atom. The van der Waals surface area contributed by atoms with E-state index in [4.69, 9.17) is 0 Å². The molecule has 0 bridgehead atoms. The fourth-order valence-electron chi connectivity index (χ4n) is 3.68. The maximum atomic E-state index is 13.4. The van der Waals surface area contributed by atoms with E-state index in [-0.39, 0.29) is 38.3 Å². The normalized spacial score (nSPS) is 19.9. The van der Waals surface area contributed by atoms with Crippen LogP contribution in [0.5, 0.6) is 0 Å². The molecule has 1 aliphatic carbocycles. The van der Waals surface area contributed by atoms with Crippen molar-refractivity contribution in [2.75, 3.05) is 26.2 Å². The summed E-state index contributed by atoms with van der Waals surface area (Å²) in [5, 5.41) is 2.96. The third kappa shape index (κ3) is 5.00. The van der Waals surface area contributed by atoms with Crippen molar-refractivity contribution in [1.82, 2.24) is 14.5 Å². The van der Waals surface area contributed by atoms with Gasteiger partial charge in [-0.15, -0.1) is 0 Å². The lowest BCUT2D eigenvalue weighted by Gasteiger charge is -2.35. The number of carbonyl (C=O) groups excluding carboxylic acids is 1. The highest BCUT2D eigenvalue weighted by Gasteiger charge is 2.37. The minimum absolute atomic E-state index is 0.0425. The van der Waals surface area contributed by atoms with Crippen molar-refractivity contribution in [2.24, 2.45) is 0 Å². The third-order valence-electron chi connectivity index (χ3n) is 5.34.